The molecule has 1 amide bonds. The number of phenols is 1. The molecule has 180 valence electrons. The standard InChI is InChI=1S/C27H20ClN3O4S/c1-14-11-15(2)24-20(12-14)30-26(35-24)19-8-7-18(13-21(19)32)29-27(36)31-25(33)23-10-9-22(34-23)16-3-5-17(28)6-4-16/h3-13,32H,1-2H3,(H2,29,31,33,36). The van der Waals surface area contributed by atoms with Crippen molar-refractivity contribution in [1.82, 2.24) is 10.3 Å². The Hall–Kier alpha value is -4.14. The van der Waals surface area contributed by atoms with Crippen LogP contribution in [0, 0.1) is 13.8 Å². The molecule has 0 saturated carbocycles. The van der Waals surface area contributed by atoms with E-state index in [1.54, 1.807) is 48.5 Å². The summed E-state index contributed by atoms with van der Waals surface area (Å²) >= 11 is 11.2. The van der Waals surface area contributed by atoms with Crippen molar-refractivity contribution in [2.24, 2.45) is 0 Å². The molecule has 0 fully saturated rings. The van der Waals surface area contributed by atoms with Gasteiger partial charge in [-0.2, -0.15) is 0 Å². The summed E-state index contributed by atoms with van der Waals surface area (Å²) < 4.78 is 11.5. The van der Waals surface area contributed by atoms with Gasteiger partial charge in [-0.1, -0.05) is 17.7 Å². The molecule has 0 radical (unpaired) electrons. The third-order valence-electron chi connectivity index (χ3n) is 5.49. The molecule has 3 N–H and O–H groups in total. The average Bonchev–Trinajstić information content (AvgIpc) is 3.47. The predicted octanol–water partition coefficient (Wildman–Crippen LogP) is 6.86. The molecule has 0 aliphatic heterocycles. The first kappa shape index (κ1) is 23.6. The fourth-order valence-corrected chi connectivity index (χ4v) is 4.17. The number of halogens is 1. The van der Waals surface area contributed by atoms with E-state index in [-0.39, 0.29) is 16.6 Å². The molecular formula is C27H20ClN3O4S. The summed E-state index contributed by atoms with van der Waals surface area (Å²) in [4.78, 5) is 17.1. The summed E-state index contributed by atoms with van der Waals surface area (Å²) in [5.41, 5.74) is 5.16. The van der Waals surface area contributed by atoms with Gasteiger partial charge >= 0.3 is 0 Å². The minimum atomic E-state index is -0.509. The van der Waals surface area contributed by atoms with E-state index in [1.807, 2.05) is 26.0 Å². The van der Waals surface area contributed by atoms with E-state index in [9.17, 15) is 9.90 Å². The number of nitrogens with zero attached hydrogens (tertiary/aromatic N) is 1. The molecule has 0 atom stereocenters. The highest BCUT2D eigenvalue weighted by Crippen LogP contribution is 2.34. The number of hydrogen-bond donors (Lipinski definition) is 3. The van der Waals surface area contributed by atoms with E-state index < -0.39 is 5.91 Å². The molecule has 2 heterocycles. The highest BCUT2D eigenvalue weighted by molar-refractivity contribution is 7.80. The van der Waals surface area contributed by atoms with Crippen LogP contribution in [0.25, 0.3) is 33.9 Å². The predicted molar refractivity (Wildman–Crippen MR) is 143 cm³/mol. The summed E-state index contributed by atoms with van der Waals surface area (Å²) in [6.07, 6.45) is 0. The molecule has 3 aromatic carbocycles. The number of phenolic OH excluding ortho intramolecular Hbond substituents is 1. The molecule has 7 nitrogen and oxygen atoms in total. The van der Waals surface area contributed by atoms with E-state index in [0.717, 1.165) is 22.2 Å². The van der Waals surface area contributed by atoms with Crippen LogP contribution in [0.4, 0.5) is 5.69 Å². The number of thiocarbonyl (C=S) groups is 1. The Kier molecular flexibility index (Phi) is 6.22. The topological polar surface area (TPSA) is 101 Å². The molecule has 5 rings (SSSR count). The summed E-state index contributed by atoms with van der Waals surface area (Å²) in [5.74, 6) is 0.386. The fraction of sp³-hybridized carbons (Fsp3) is 0.0741. The van der Waals surface area contributed by atoms with Crippen molar-refractivity contribution in [1.29, 1.82) is 0 Å². The molecule has 0 spiro atoms. The van der Waals surface area contributed by atoms with Crippen molar-refractivity contribution in [2.75, 3.05) is 5.32 Å². The number of aryl methyl sites for hydroxylation is 2. The molecule has 9 heteroatoms. The summed E-state index contributed by atoms with van der Waals surface area (Å²) in [6.45, 7) is 3.94. The van der Waals surface area contributed by atoms with Crippen molar-refractivity contribution in [3.05, 3.63) is 88.6 Å². The maximum Gasteiger partial charge on any atom is 0.293 e. The lowest BCUT2D eigenvalue weighted by atomic mass is 10.1. The van der Waals surface area contributed by atoms with Gasteiger partial charge in [0.1, 0.15) is 17.0 Å². The van der Waals surface area contributed by atoms with E-state index in [0.29, 0.717) is 33.5 Å². The number of rotatable bonds is 4. The SMILES string of the molecule is Cc1cc(C)c2oc(-c3ccc(NC(=S)NC(=O)c4ccc(-c5ccc(Cl)cc5)o4)cc3O)nc2c1. The Morgan fingerprint density at radius 1 is 1.00 bits per heavy atom. The molecule has 0 unspecified atom stereocenters. The Morgan fingerprint density at radius 3 is 2.53 bits per heavy atom. The van der Waals surface area contributed by atoms with Gasteiger partial charge in [-0.25, -0.2) is 4.98 Å². The van der Waals surface area contributed by atoms with Crippen LogP contribution in [-0.4, -0.2) is 21.1 Å². The zero-order chi connectivity index (χ0) is 25.4. The largest absolute Gasteiger partial charge is 0.507 e. The Labute approximate surface area is 216 Å². The average molecular weight is 518 g/mol. The lowest BCUT2D eigenvalue weighted by molar-refractivity contribution is 0.0951. The maximum atomic E-state index is 12.6. The lowest BCUT2D eigenvalue weighted by Crippen LogP contribution is -2.33. The van der Waals surface area contributed by atoms with E-state index in [1.165, 1.54) is 6.07 Å². The van der Waals surface area contributed by atoms with Gasteiger partial charge < -0.3 is 19.3 Å². The van der Waals surface area contributed by atoms with Crippen LogP contribution in [0.15, 0.2) is 75.6 Å². The molecule has 0 aliphatic rings. The Morgan fingerprint density at radius 2 is 1.78 bits per heavy atom. The van der Waals surface area contributed by atoms with Crippen molar-refractivity contribution >= 4 is 51.6 Å². The third-order valence-corrected chi connectivity index (χ3v) is 5.95. The van der Waals surface area contributed by atoms with Crippen LogP contribution in [0.1, 0.15) is 21.7 Å². The van der Waals surface area contributed by atoms with Crippen molar-refractivity contribution in [2.45, 2.75) is 13.8 Å². The molecule has 5 aromatic rings. The number of oxazole rings is 1. The second-order valence-electron chi connectivity index (χ2n) is 8.26. The fourth-order valence-electron chi connectivity index (χ4n) is 3.84. The smallest absolute Gasteiger partial charge is 0.293 e. The van der Waals surface area contributed by atoms with Gasteiger partial charge in [0.2, 0.25) is 5.89 Å². The molecule has 0 bridgehead atoms. The van der Waals surface area contributed by atoms with Crippen LogP contribution in [0.5, 0.6) is 5.75 Å². The van der Waals surface area contributed by atoms with Gasteiger partial charge in [0.15, 0.2) is 16.5 Å². The van der Waals surface area contributed by atoms with Crippen molar-refractivity contribution in [3.63, 3.8) is 0 Å². The number of carbonyl (C=O) groups is 1. The van der Waals surface area contributed by atoms with Gasteiger partial charge in [0.25, 0.3) is 5.91 Å². The minimum absolute atomic E-state index is 0.0459. The normalized spacial score (nSPS) is 11.0. The summed E-state index contributed by atoms with van der Waals surface area (Å²) in [7, 11) is 0. The van der Waals surface area contributed by atoms with Crippen LogP contribution >= 0.6 is 23.8 Å². The lowest BCUT2D eigenvalue weighted by Gasteiger charge is -2.10. The van der Waals surface area contributed by atoms with Gasteiger partial charge in [0, 0.05) is 22.3 Å². The van der Waals surface area contributed by atoms with Crippen molar-refractivity contribution < 1.29 is 18.7 Å². The minimum Gasteiger partial charge on any atom is -0.507 e. The second-order valence-corrected chi connectivity index (χ2v) is 9.10. The monoisotopic (exact) mass is 517 g/mol. The van der Waals surface area contributed by atoms with Gasteiger partial charge in [-0.05, 0) is 91.8 Å². The van der Waals surface area contributed by atoms with Gasteiger partial charge in [-0.15, -0.1) is 0 Å². The highest BCUT2D eigenvalue weighted by Gasteiger charge is 2.16. The number of anilines is 1. The first-order valence-electron chi connectivity index (χ1n) is 11.0. The number of nitrogens with one attached hydrogen (secondary N) is 2. The molecule has 0 aliphatic carbocycles. The highest BCUT2D eigenvalue weighted by atomic mass is 35.5. The van der Waals surface area contributed by atoms with Crippen LogP contribution in [-0.2, 0) is 0 Å². The van der Waals surface area contributed by atoms with Crippen LogP contribution in [0.2, 0.25) is 5.02 Å². The number of hydrogen-bond acceptors (Lipinski definition) is 6. The number of fused-ring (bicyclic) bond motifs is 1. The third kappa shape index (κ3) is 4.82. The van der Waals surface area contributed by atoms with Gasteiger partial charge in [0.05, 0.1) is 5.56 Å². The zero-order valence-corrected chi connectivity index (χ0v) is 20.8. The maximum absolute atomic E-state index is 12.6. The molecule has 2 aromatic heterocycles. The van der Waals surface area contributed by atoms with E-state index >= 15 is 0 Å². The first-order valence-corrected chi connectivity index (χ1v) is 11.7. The number of benzene rings is 3. The van der Waals surface area contributed by atoms with E-state index in [4.69, 9.17) is 32.7 Å². The van der Waals surface area contributed by atoms with Crippen molar-refractivity contribution in [3.8, 4) is 28.5 Å². The number of carbonyl (C=O) groups excluding carboxylic acids is 1. The molecule has 0 saturated heterocycles. The van der Waals surface area contributed by atoms with Gasteiger partial charge in [-0.3, -0.25) is 10.1 Å². The molecular weight excluding hydrogens is 498 g/mol. The summed E-state index contributed by atoms with van der Waals surface area (Å²) in [6, 6.07) is 19.1. The Bertz CT molecular complexity index is 1620. The number of aromatic nitrogens is 1. The second kappa shape index (κ2) is 9.49. The number of furan rings is 1. The van der Waals surface area contributed by atoms with Crippen LogP contribution in [0.3, 0.4) is 0 Å². The quantitative estimate of drug-likeness (QED) is 0.224. The van der Waals surface area contributed by atoms with E-state index in [2.05, 4.69) is 15.6 Å². The van der Waals surface area contributed by atoms with Crippen LogP contribution < -0.4 is 10.6 Å². The summed E-state index contributed by atoms with van der Waals surface area (Å²) in [5, 5.41) is 16.7. The number of amides is 1. The zero-order valence-electron chi connectivity index (χ0n) is 19.3. The number of aromatic hydroxyl groups is 1. The Balaban J connectivity index is 1.27. The first-order chi connectivity index (χ1) is 17.3. The molecule has 36 heavy (non-hydrogen) atoms.